The number of aromatic nitrogens is 1. The van der Waals surface area contributed by atoms with Gasteiger partial charge in [0, 0.05) is 31.7 Å². The van der Waals surface area contributed by atoms with E-state index in [2.05, 4.69) is 67.7 Å². The van der Waals surface area contributed by atoms with Gasteiger partial charge in [-0.3, -0.25) is 4.90 Å². The number of ether oxygens (including phenoxy) is 1. The molecule has 0 unspecified atom stereocenters. The maximum Gasteiger partial charge on any atom is 0.277 e. The number of pyridine rings is 1. The molecule has 15 heteroatoms. The molecule has 0 bridgehead atoms. The van der Waals surface area contributed by atoms with E-state index in [4.69, 9.17) is 4.74 Å². The van der Waals surface area contributed by atoms with Gasteiger partial charge < -0.3 is 9.64 Å². The van der Waals surface area contributed by atoms with E-state index in [1.165, 1.54) is 24.9 Å². The number of nitrogens with zero attached hydrogens (tertiary/aromatic N) is 4. The summed E-state index contributed by atoms with van der Waals surface area (Å²) in [5, 5.41) is 0. The summed E-state index contributed by atoms with van der Waals surface area (Å²) >= 11 is 5.98. The number of halogens is 4. The van der Waals surface area contributed by atoms with Gasteiger partial charge in [0.2, 0.25) is 5.88 Å². The van der Waals surface area contributed by atoms with Gasteiger partial charge in [-0.05, 0) is 93.7 Å². The Morgan fingerprint density at radius 1 is 0.848 bits per heavy atom. The molecule has 46 heavy (non-hydrogen) atoms. The van der Waals surface area contributed by atoms with E-state index in [1.807, 2.05) is 23.1 Å². The van der Waals surface area contributed by atoms with E-state index in [1.54, 1.807) is 0 Å². The lowest BCUT2D eigenvalue weighted by Gasteiger charge is -2.45. The summed E-state index contributed by atoms with van der Waals surface area (Å²) in [6.45, 7) is 5.95. The number of sulfonamides is 2. The highest BCUT2D eigenvalue weighted by Gasteiger charge is 2.41. The second-order valence-corrected chi connectivity index (χ2v) is 16.4. The van der Waals surface area contributed by atoms with E-state index in [9.17, 15) is 25.6 Å². The SMILES string of the molecule is COc1ncc(N2C[C@@H](C)N(Cc3ccccc3)[C@@H](C)C2)cc1N(S(=O)(=O)c1ccc(Br)c(F)c1)S(=O)(=O)c1ccc(Br)c(F)c1. The third-order valence-electron chi connectivity index (χ3n) is 7.70. The Kier molecular flexibility index (Phi) is 10.1. The molecule has 1 aliphatic heterocycles. The first-order valence-corrected chi connectivity index (χ1v) is 18.5. The van der Waals surface area contributed by atoms with Crippen molar-refractivity contribution in [3.63, 3.8) is 0 Å². The monoisotopic (exact) mass is 798 g/mol. The van der Waals surface area contributed by atoms with Crippen LogP contribution in [0.25, 0.3) is 0 Å². The van der Waals surface area contributed by atoms with Gasteiger partial charge in [-0.2, -0.15) is 3.71 Å². The van der Waals surface area contributed by atoms with Crippen LogP contribution in [0.5, 0.6) is 5.88 Å². The molecule has 0 N–H and O–H groups in total. The van der Waals surface area contributed by atoms with Crippen LogP contribution in [0, 0.1) is 11.6 Å². The molecule has 2 atom stereocenters. The van der Waals surface area contributed by atoms with E-state index in [-0.39, 0.29) is 30.6 Å². The molecule has 4 aromatic rings. The van der Waals surface area contributed by atoms with Crippen LogP contribution in [-0.2, 0) is 26.6 Å². The molecule has 9 nitrogen and oxygen atoms in total. The molecule has 1 aromatic heterocycles. The molecular weight excluding hydrogens is 770 g/mol. The Morgan fingerprint density at radius 3 is 1.85 bits per heavy atom. The zero-order chi connectivity index (χ0) is 33.4. The van der Waals surface area contributed by atoms with Crippen molar-refractivity contribution in [2.75, 3.05) is 28.8 Å². The maximum absolute atomic E-state index is 14.6. The van der Waals surface area contributed by atoms with Crippen LogP contribution in [0.2, 0.25) is 0 Å². The standard InChI is InChI=1S/C31H30Br2F2N4O5S2/c1-20-17-37(18-21(2)38(20)19-22-7-5-4-6-8-22)23-13-30(31(44-3)36-16-23)39(45(40,41)24-9-11-26(32)28(34)14-24)46(42,43)25-10-12-27(33)29(35)15-25/h4-16,20-21H,17-19H2,1-3H3/t20-,21+. The van der Waals surface area contributed by atoms with Crippen LogP contribution in [0.3, 0.4) is 0 Å². The molecule has 5 rings (SSSR count). The summed E-state index contributed by atoms with van der Waals surface area (Å²) in [5.41, 5.74) is 1.16. The van der Waals surface area contributed by atoms with Crippen LogP contribution in [0.15, 0.2) is 97.7 Å². The zero-order valence-electron chi connectivity index (χ0n) is 24.9. The Morgan fingerprint density at radius 2 is 1.37 bits per heavy atom. The van der Waals surface area contributed by atoms with Gasteiger partial charge >= 0.3 is 0 Å². The summed E-state index contributed by atoms with van der Waals surface area (Å²) < 4.78 is 91.5. The van der Waals surface area contributed by atoms with E-state index in [0.717, 1.165) is 30.8 Å². The lowest BCUT2D eigenvalue weighted by Crippen LogP contribution is -2.56. The van der Waals surface area contributed by atoms with Crippen molar-refractivity contribution in [3.05, 3.63) is 105 Å². The van der Waals surface area contributed by atoms with Crippen LogP contribution in [0.1, 0.15) is 19.4 Å². The third kappa shape index (κ3) is 6.79. The number of methoxy groups -OCH3 is 1. The fourth-order valence-electron chi connectivity index (χ4n) is 5.42. The van der Waals surface area contributed by atoms with Crippen molar-refractivity contribution in [1.29, 1.82) is 0 Å². The van der Waals surface area contributed by atoms with Crippen LogP contribution in [0.4, 0.5) is 20.2 Å². The number of hydrogen-bond acceptors (Lipinski definition) is 8. The molecule has 244 valence electrons. The number of anilines is 2. The molecule has 0 radical (unpaired) electrons. The molecule has 1 saturated heterocycles. The first-order chi connectivity index (χ1) is 21.7. The molecule has 0 aliphatic carbocycles. The van der Waals surface area contributed by atoms with Gasteiger partial charge in [-0.15, -0.1) is 0 Å². The Bertz CT molecular complexity index is 1880. The predicted octanol–water partition coefficient (Wildman–Crippen LogP) is 6.58. The van der Waals surface area contributed by atoms with Crippen LogP contribution < -0.4 is 13.3 Å². The zero-order valence-corrected chi connectivity index (χ0v) is 29.7. The minimum atomic E-state index is -5.06. The van der Waals surface area contributed by atoms with Crippen molar-refractivity contribution in [1.82, 2.24) is 9.88 Å². The number of benzene rings is 3. The highest BCUT2D eigenvalue weighted by atomic mass is 79.9. The molecule has 2 heterocycles. The lowest BCUT2D eigenvalue weighted by molar-refractivity contribution is 0.123. The average Bonchev–Trinajstić information content (AvgIpc) is 3.01. The summed E-state index contributed by atoms with van der Waals surface area (Å²) in [4.78, 5) is 7.33. The molecule has 1 aliphatic rings. The van der Waals surface area contributed by atoms with Crippen LogP contribution in [-0.4, -0.2) is 59.0 Å². The second kappa shape index (κ2) is 13.6. The number of piperazine rings is 1. The number of rotatable bonds is 9. The summed E-state index contributed by atoms with van der Waals surface area (Å²) in [5.74, 6) is -2.18. The van der Waals surface area contributed by atoms with Gasteiger partial charge in [0.25, 0.3) is 20.0 Å². The first-order valence-electron chi connectivity index (χ1n) is 14.0. The lowest BCUT2D eigenvalue weighted by atomic mass is 10.1. The van der Waals surface area contributed by atoms with Gasteiger partial charge in [0.1, 0.15) is 17.3 Å². The normalized spacial score (nSPS) is 17.6. The summed E-state index contributed by atoms with van der Waals surface area (Å²) in [6, 6.07) is 17.4. The third-order valence-corrected chi connectivity index (χ3v) is 13.1. The van der Waals surface area contributed by atoms with E-state index < -0.39 is 47.2 Å². The van der Waals surface area contributed by atoms with Gasteiger partial charge in [0.05, 0.1) is 37.7 Å². The Balaban J connectivity index is 1.61. The Labute approximate surface area is 284 Å². The van der Waals surface area contributed by atoms with E-state index in [0.29, 0.717) is 30.9 Å². The topological polar surface area (TPSA) is 100 Å². The van der Waals surface area contributed by atoms with Gasteiger partial charge in [-0.25, -0.2) is 30.6 Å². The quantitative estimate of drug-likeness (QED) is 0.188. The molecule has 1 fully saturated rings. The molecule has 3 aromatic carbocycles. The van der Waals surface area contributed by atoms with Gasteiger partial charge in [0.15, 0.2) is 0 Å². The smallest absolute Gasteiger partial charge is 0.277 e. The highest BCUT2D eigenvalue weighted by Crippen LogP contribution is 2.39. The molecule has 0 saturated carbocycles. The first kappa shape index (κ1) is 34.2. The minimum Gasteiger partial charge on any atom is -0.479 e. The molecule has 0 spiro atoms. The minimum absolute atomic E-state index is 0.0215. The second-order valence-electron chi connectivity index (χ2n) is 10.8. The predicted molar refractivity (Wildman–Crippen MR) is 179 cm³/mol. The summed E-state index contributed by atoms with van der Waals surface area (Å²) in [7, 11) is -8.91. The summed E-state index contributed by atoms with van der Waals surface area (Å²) in [6.07, 6.45) is 1.48. The van der Waals surface area contributed by atoms with Crippen molar-refractivity contribution in [2.45, 2.75) is 42.3 Å². The maximum atomic E-state index is 14.6. The molecular formula is C31H30Br2F2N4O5S2. The average molecular weight is 801 g/mol. The van der Waals surface area contributed by atoms with Crippen molar-refractivity contribution in [2.24, 2.45) is 0 Å². The van der Waals surface area contributed by atoms with Crippen molar-refractivity contribution >= 4 is 63.3 Å². The van der Waals surface area contributed by atoms with Crippen molar-refractivity contribution < 1.29 is 30.4 Å². The highest BCUT2D eigenvalue weighted by molar-refractivity contribution is 9.10. The Hall–Kier alpha value is -3.11. The fraction of sp³-hybridized carbons (Fsp3) is 0.258. The largest absolute Gasteiger partial charge is 0.479 e. The van der Waals surface area contributed by atoms with E-state index >= 15 is 0 Å². The fourth-order valence-corrected chi connectivity index (χ4v) is 9.61. The number of hydrogen-bond donors (Lipinski definition) is 0. The van der Waals surface area contributed by atoms with Gasteiger partial charge in [-0.1, -0.05) is 30.3 Å². The van der Waals surface area contributed by atoms with Crippen molar-refractivity contribution in [3.8, 4) is 5.88 Å². The van der Waals surface area contributed by atoms with Crippen LogP contribution >= 0.6 is 31.9 Å². The molecule has 0 amide bonds.